The van der Waals surface area contributed by atoms with Gasteiger partial charge in [-0.1, -0.05) is 30.3 Å². The molecule has 5 heteroatoms. The van der Waals surface area contributed by atoms with E-state index < -0.39 is 0 Å². The van der Waals surface area contributed by atoms with Gasteiger partial charge in [0.25, 0.3) is 5.56 Å². The number of aryl methyl sites for hydroxylation is 1. The van der Waals surface area contributed by atoms with Crippen LogP contribution in [0.15, 0.2) is 88.6 Å². The summed E-state index contributed by atoms with van der Waals surface area (Å²) in [6.45, 7) is 4.18. The van der Waals surface area contributed by atoms with E-state index in [1.54, 1.807) is 11.5 Å². The molecular formula is C25H23N3O2. The van der Waals surface area contributed by atoms with Crippen molar-refractivity contribution in [1.29, 1.82) is 0 Å². The lowest BCUT2D eigenvalue weighted by molar-refractivity contribution is 0.477. The minimum Gasteiger partial charge on any atom is -0.506 e. The summed E-state index contributed by atoms with van der Waals surface area (Å²) in [5, 5.41) is 14.8. The van der Waals surface area contributed by atoms with Crippen molar-refractivity contribution in [1.82, 2.24) is 4.57 Å². The Balaban J connectivity index is 1.70. The number of hydrogen-bond donors (Lipinski definition) is 2. The average molecular weight is 397 g/mol. The topological polar surface area (TPSA) is 66.6 Å². The van der Waals surface area contributed by atoms with Crippen molar-refractivity contribution in [3.05, 3.63) is 94.8 Å². The van der Waals surface area contributed by atoms with Gasteiger partial charge in [-0.25, -0.2) is 0 Å². The van der Waals surface area contributed by atoms with Crippen LogP contribution in [0, 0.1) is 0 Å². The Hall–Kier alpha value is -3.86. The van der Waals surface area contributed by atoms with E-state index in [9.17, 15) is 9.90 Å². The lowest BCUT2D eigenvalue weighted by atomic mass is 10.1. The van der Waals surface area contributed by atoms with Gasteiger partial charge in [-0.05, 0) is 62.4 Å². The predicted molar refractivity (Wildman–Crippen MR) is 124 cm³/mol. The van der Waals surface area contributed by atoms with Gasteiger partial charge >= 0.3 is 0 Å². The molecule has 0 radical (unpaired) electrons. The van der Waals surface area contributed by atoms with E-state index in [1.165, 1.54) is 0 Å². The quantitative estimate of drug-likeness (QED) is 0.430. The van der Waals surface area contributed by atoms with Gasteiger partial charge in [0.1, 0.15) is 11.3 Å². The van der Waals surface area contributed by atoms with Crippen LogP contribution in [-0.2, 0) is 6.54 Å². The van der Waals surface area contributed by atoms with Gasteiger partial charge in [-0.2, -0.15) is 0 Å². The summed E-state index contributed by atoms with van der Waals surface area (Å²) in [6.07, 6.45) is 0. The summed E-state index contributed by atoms with van der Waals surface area (Å²) in [5.74, 6) is -0.0242. The van der Waals surface area contributed by atoms with Crippen LogP contribution in [0.2, 0.25) is 0 Å². The van der Waals surface area contributed by atoms with Gasteiger partial charge in [-0.15, -0.1) is 0 Å². The van der Waals surface area contributed by atoms with Gasteiger partial charge in [0, 0.05) is 23.3 Å². The van der Waals surface area contributed by atoms with Crippen LogP contribution in [0.1, 0.15) is 19.4 Å². The summed E-state index contributed by atoms with van der Waals surface area (Å²) in [6, 6.07) is 24.9. The van der Waals surface area contributed by atoms with E-state index in [2.05, 4.69) is 10.3 Å². The van der Waals surface area contributed by atoms with Gasteiger partial charge in [0.05, 0.1) is 16.9 Å². The van der Waals surface area contributed by atoms with E-state index in [4.69, 9.17) is 0 Å². The second-order valence-corrected chi connectivity index (χ2v) is 7.03. The molecule has 0 fully saturated rings. The number of para-hydroxylation sites is 2. The molecule has 0 saturated heterocycles. The largest absolute Gasteiger partial charge is 0.506 e. The molecule has 0 aliphatic heterocycles. The zero-order valence-electron chi connectivity index (χ0n) is 17.0. The van der Waals surface area contributed by atoms with Crippen LogP contribution in [0.25, 0.3) is 10.9 Å². The number of nitrogens with one attached hydrogen (secondary N) is 1. The smallest absolute Gasteiger partial charge is 0.263 e. The van der Waals surface area contributed by atoms with E-state index in [0.717, 1.165) is 16.9 Å². The first-order chi connectivity index (χ1) is 14.6. The highest BCUT2D eigenvalue weighted by Gasteiger charge is 2.17. The third kappa shape index (κ3) is 3.70. The minimum atomic E-state index is -0.239. The van der Waals surface area contributed by atoms with E-state index in [-0.39, 0.29) is 16.9 Å². The molecule has 0 amide bonds. The maximum atomic E-state index is 13.0. The number of fused-ring (bicyclic) bond motifs is 1. The standard InChI is InChI=1S/C25H23N3O2/c1-3-28-22-12-8-7-11-21(22)24(29)23(25(28)30)17(2)26-19-13-15-20(16-14-19)27-18-9-5-4-6-10-18/h4-16,27,29H,3H2,1-2H3. The van der Waals surface area contributed by atoms with Crippen LogP contribution >= 0.6 is 0 Å². The molecule has 0 unspecified atom stereocenters. The summed E-state index contributed by atoms with van der Waals surface area (Å²) >= 11 is 0. The minimum absolute atomic E-state index is 0.0242. The lowest BCUT2D eigenvalue weighted by Gasteiger charge is -2.13. The number of aliphatic imine (C=N–C) groups is 1. The molecule has 0 saturated carbocycles. The molecule has 0 atom stereocenters. The Morgan fingerprint density at radius 2 is 1.57 bits per heavy atom. The Labute approximate surface area is 175 Å². The van der Waals surface area contributed by atoms with Gasteiger partial charge in [-0.3, -0.25) is 9.79 Å². The normalized spacial score (nSPS) is 11.6. The molecule has 150 valence electrons. The van der Waals surface area contributed by atoms with Crippen molar-refractivity contribution in [2.24, 2.45) is 4.99 Å². The van der Waals surface area contributed by atoms with Crippen molar-refractivity contribution in [3.8, 4) is 5.75 Å². The molecule has 2 N–H and O–H groups in total. The fraction of sp³-hybridized carbons (Fsp3) is 0.120. The van der Waals surface area contributed by atoms with Crippen molar-refractivity contribution in [2.75, 3.05) is 5.32 Å². The Morgan fingerprint density at radius 3 is 2.27 bits per heavy atom. The highest BCUT2D eigenvalue weighted by molar-refractivity contribution is 6.06. The Morgan fingerprint density at radius 1 is 0.933 bits per heavy atom. The van der Waals surface area contributed by atoms with Crippen molar-refractivity contribution in [2.45, 2.75) is 20.4 Å². The van der Waals surface area contributed by atoms with Crippen LogP contribution in [0.4, 0.5) is 17.1 Å². The molecule has 3 aromatic carbocycles. The number of benzene rings is 3. The summed E-state index contributed by atoms with van der Waals surface area (Å²) in [5.41, 5.74) is 3.86. The maximum absolute atomic E-state index is 13.0. The molecule has 4 rings (SSSR count). The monoisotopic (exact) mass is 397 g/mol. The van der Waals surface area contributed by atoms with Gasteiger partial charge < -0.3 is 15.0 Å². The molecule has 30 heavy (non-hydrogen) atoms. The zero-order valence-corrected chi connectivity index (χ0v) is 17.0. The molecule has 1 heterocycles. The number of pyridine rings is 1. The molecule has 0 aliphatic carbocycles. The zero-order chi connectivity index (χ0) is 21.1. The maximum Gasteiger partial charge on any atom is 0.263 e. The third-order valence-corrected chi connectivity index (χ3v) is 5.05. The fourth-order valence-corrected chi connectivity index (χ4v) is 3.59. The highest BCUT2D eigenvalue weighted by Crippen LogP contribution is 2.28. The first-order valence-corrected chi connectivity index (χ1v) is 9.90. The van der Waals surface area contributed by atoms with E-state index in [1.807, 2.05) is 85.8 Å². The third-order valence-electron chi connectivity index (χ3n) is 5.05. The summed E-state index contributed by atoms with van der Waals surface area (Å²) in [7, 11) is 0. The van der Waals surface area contributed by atoms with Crippen molar-refractivity contribution < 1.29 is 5.11 Å². The van der Waals surface area contributed by atoms with Gasteiger partial charge in [0.2, 0.25) is 0 Å². The molecular weight excluding hydrogens is 374 g/mol. The molecule has 0 aliphatic rings. The van der Waals surface area contributed by atoms with E-state index >= 15 is 0 Å². The number of nitrogens with zero attached hydrogens (tertiary/aromatic N) is 2. The molecule has 4 aromatic rings. The number of hydrogen-bond acceptors (Lipinski definition) is 4. The summed E-state index contributed by atoms with van der Waals surface area (Å²) < 4.78 is 1.66. The van der Waals surface area contributed by atoms with Crippen LogP contribution in [0.3, 0.4) is 0 Å². The summed E-state index contributed by atoms with van der Waals surface area (Å²) in [4.78, 5) is 17.6. The van der Waals surface area contributed by atoms with E-state index in [0.29, 0.717) is 23.3 Å². The van der Waals surface area contributed by atoms with Crippen LogP contribution in [-0.4, -0.2) is 15.4 Å². The number of anilines is 2. The molecule has 5 nitrogen and oxygen atoms in total. The second-order valence-electron chi connectivity index (χ2n) is 7.03. The number of aromatic nitrogens is 1. The van der Waals surface area contributed by atoms with Crippen LogP contribution < -0.4 is 10.9 Å². The molecule has 0 spiro atoms. The van der Waals surface area contributed by atoms with Gasteiger partial charge in [0.15, 0.2) is 0 Å². The second kappa shape index (κ2) is 8.25. The van der Waals surface area contributed by atoms with Crippen molar-refractivity contribution in [3.63, 3.8) is 0 Å². The van der Waals surface area contributed by atoms with Crippen LogP contribution in [0.5, 0.6) is 5.75 Å². The average Bonchev–Trinajstić information content (AvgIpc) is 2.76. The lowest BCUT2D eigenvalue weighted by Crippen LogP contribution is -2.25. The Bertz CT molecular complexity index is 1270. The SMILES string of the molecule is CCn1c(=O)c(C(C)=Nc2ccc(Nc3ccccc3)cc2)c(O)c2ccccc21. The highest BCUT2D eigenvalue weighted by atomic mass is 16.3. The predicted octanol–water partition coefficient (Wildman–Crippen LogP) is 5.61. The van der Waals surface area contributed by atoms with Crippen molar-refractivity contribution >= 4 is 33.7 Å². The molecule has 1 aromatic heterocycles. The molecule has 0 bridgehead atoms. The number of aromatic hydroxyl groups is 1. The first kappa shape index (κ1) is 19.5. The first-order valence-electron chi connectivity index (χ1n) is 9.90. The fourth-order valence-electron chi connectivity index (χ4n) is 3.59. The Kier molecular flexibility index (Phi) is 5.35. The number of rotatable bonds is 5.